The lowest BCUT2D eigenvalue weighted by molar-refractivity contribution is 0.0970. The van der Waals surface area contributed by atoms with E-state index in [-0.39, 0.29) is 23.2 Å². The summed E-state index contributed by atoms with van der Waals surface area (Å²) in [4.78, 5) is 28.9. The number of carbonyl (C=O) groups excluding carboxylic acids is 1. The maximum Gasteiger partial charge on any atom is 0.297 e. The van der Waals surface area contributed by atoms with E-state index in [1.54, 1.807) is 6.07 Å². The van der Waals surface area contributed by atoms with E-state index < -0.39 is 6.04 Å². The molecule has 0 saturated heterocycles. The highest BCUT2D eigenvalue weighted by molar-refractivity contribution is 7.15. The number of rotatable bonds is 6. The number of nitrogens with zero attached hydrogens (tertiary/aromatic N) is 3. The fourth-order valence-corrected chi connectivity index (χ4v) is 5.04. The van der Waals surface area contributed by atoms with Gasteiger partial charge in [-0.25, -0.2) is 0 Å². The Morgan fingerprint density at radius 3 is 2.47 bits per heavy atom. The van der Waals surface area contributed by atoms with Gasteiger partial charge in [0.05, 0.1) is 23.1 Å². The second kappa shape index (κ2) is 8.68. The lowest BCUT2D eigenvalue weighted by atomic mass is 9.98. The summed E-state index contributed by atoms with van der Waals surface area (Å²) in [5, 5.41) is 10.2. The van der Waals surface area contributed by atoms with E-state index in [1.807, 2.05) is 64.1 Å². The van der Waals surface area contributed by atoms with E-state index in [1.165, 1.54) is 16.2 Å². The van der Waals surface area contributed by atoms with Crippen molar-refractivity contribution in [2.45, 2.75) is 52.7 Å². The third-order valence-corrected chi connectivity index (χ3v) is 6.94. The predicted octanol–water partition coefficient (Wildman–Crippen LogP) is 5.31. The molecule has 0 spiro atoms. The van der Waals surface area contributed by atoms with Crippen LogP contribution >= 0.6 is 11.3 Å². The molecule has 8 heteroatoms. The minimum Gasteiger partial charge on any atom is -0.491 e. The largest absolute Gasteiger partial charge is 0.491 e. The van der Waals surface area contributed by atoms with Crippen LogP contribution < -0.4 is 15.1 Å². The lowest BCUT2D eigenvalue weighted by Gasteiger charge is -2.22. The van der Waals surface area contributed by atoms with Crippen LogP contribution in [0.4, 0.5) is 5.13 Å². The van der Waals surface area contributed by atoms with Gasteiger partial charge in [0.15, 0.2) is 5.43 Å². The Labute approximate surface area is 201 Å². The molecule has 0 saturated carbocycles. The first-order chi connectivity index (χ1) is 16.4. The van der Waals surface area contributed by atoms with Crippen molar-refractivity contribution >= 4 is 33.3 Å². The average Bonchev–Trinajstić information content (AvgIpc) is 3.42. The summed E-state index contributed by atoms with van der Waals surface area (Å²) in [6.07, 6.45) is 1.54. The Hall–Kier alpha value is -3.52. The van der Waals surface area contributed by atoms with Gasteiger partial charge in [0.25, 0.3) is 5.91 Å². The molecule has 1 atom stereocenters. The lowest BCUT2D eigenvalue weighted by Crippen LogP contribution is -2.29. The van der Waals surface area contributed by atoms with Crippen LogP contribution in [0.3, 0.4) is 0 Å². The zero-order chi connectivity index (χ0) is 24.0. The average molecular weight is 476 g/mol. The molecule has 1 aliphatic heterocycles. The molecular weight excluding hydrogens is 450 g/mol. The van der Waals surface area contributed by atoms with Crippen LogP contribution in [0, 0.1) is 0 Å². The number of anilines is 1. The smallest absolute Gasteiger partial charge is 0.297 e. The van der Waals surface area contributed by atoms with E-state index in [9.17, 15) is 9.59 Å². The van der Waals surface area contributed by atoms with Crippen molar-refractivity contribution in [3.8, 4) is 5.75 Å². The maximum atomic E-state index is 13.8. The Kier molecular flexibility index (Phi) is 5.69. The van der Waals surface area contributed by atoms with Crippen molar-refractivity contribution in [3.05, 3.63) is 80.1 Å². The molecule has 1 aliphatic rings. The van der Waals surface area contributed by atoms with Crippen LogP contribution in [0.1, 0.15) is 66.0 Å². The highest BCUT2D eigenvalue weighted by Crippen LogP contribution is 2.42. The van der Waals surface area contributed by atoms with Crippen LogP contribution in [0.25, 0.3) is 11.0 Å². The van der Waals surface area contributed by atoms with Crippen LogP contribution in [-0.2, 0) is 12.8 Å². The van der Waals surface area contributed by atoms with Crippen molar-refractivity contribution in [2.24, 2.45) is 0 Å². The number of benzene rings is 2. The molecule has 0 aliphatic carbocycles. The topological polar surface area (TPSA) is 85.5 Å². The van der Waals surface area contributed by atoms with Crippen molar-refractivity contribution < 1.29 is 13.9 Å². The number of hydrogen-bond acceptors (Lipinski definition) is 7. The molecule has 7 nitrogen and oxygen atoms in total. The summed E-state index contributed by atoms with van der Waals surface area (Å²) in [6, 6.07) is 12.3. The van der Waals surface area contributed by atoms with Gasteiger partial charge in [0.1, 0.15) is 16.3 Å². The standard InChI is InChI=1S/C26H25N3O4S/c1-5-15-7-12-19-18(13-15)23(30)21-22(16-8-10-17(11-9-16)32-14(3)4)29(25(31)24(21)33-19)26-28-27-20(6-2)34-26/h7-14,22H,5-6H2,1-4H3. The first kappa shape index (κ1) is 22.3. The molecule has 5 rings (SSSR count). The van der Waals surface area contributed by atoms with Gasteiger partial charge in [-0.15, -0.1) is 10.2 Å². The number of carbonyl (C=O) groups is 1. The molecule has 1 amide bonds. The van der Waals surface area contributed by atoms with Gasteiger partial charge in [-0.05, 0) is 62.1 Å². The molecule has 2 aromatic heterocycles. The highest BCUT2D eigenvalue weighted by atomic mass is 32.1. The minimum atomic E-state index is -0.667. The normalized spacial score (nSPS) is 15.4. The minimum absolute atomic E-state index is 0.0381. The van der Waals surface area contributed by atoms with Gasteiger partial charge < -0.3 is 9.15 Å². The number of aromatic nitrogens is 2. The monoisotopic (exact) mass is 475 g/mol. The summed E-state index contributed by atoms with van der Waals surface area (Å²) in [5.41, 5.74) is 2.34. The molecule has 0 radical (unpaired) electrons. The number of ether oxygens (including phenoxy) is 1. The highest BCUT2D eigenvalue weighted by Gasteiger charge is 2.45. The molecule has 2 aromatic carbocycles. The summed E-state index contributed by atoms with van der Waals surface area (Å²) in [6.45, 7) is 7.94. The molecule has 174 valence electrons. The van der Waals surface area contributed by atoms with Crippen LogP contribution in [0.2, 0.25) is 0 Å². The third-order valence-electron chi connectivity index (χ3n) is 5.88. The quantitative estimate of drug-likeness (QED) is 0.376. The molecule has 3 heterocycles. The van der Waals surface area contributed by atoms with E-state index in [2.05, 4.69) is 10.2 Å². The second-order valence-electron chi connectivity index (χ2n) is 8.50. The Balaban J connectivity index is 1.72. The fourth-order valence-electron chi connectivity index (χ4n) is 4.24. The number of fused-ring (bicyclic) bond motifs is 2. The molecule has 4 aromatic rings. The SMILES string of the molecule is CCc1ccc2oc3c(c(=O)c2c1)C(c1ccc(OC(C)C)cc1)N(c1nnc(CC)s1)C3=O. The molecule has 0 N–H and O–H groups in total. The van der Waals surface area contributed by atoms with E-state index in [0.717, 1.165) is 28.3 Å². The number of amides is 1. The zero-order valence-electron chi connectivity index (χ0n) is 19.5. The summed E-state index contributed by atoms with van der Waals surface area (Å²) >= 11 is 1.35. The first-order valence-electron chi connectivity index (χ1n) is 11.4. The summed E-state index contributed by atoms with van der Waals surface area (Å²) in [7, 11) is 0. The predicted molar refractivity (Wildman–Crippen MR) is 132 cm³/mol. The Bertz CT molecular complexity index is 1440. The van der Waals surface area contributed by atoms with E-state index in [0.29, 0.717) is 28.1 Å². The van der Waals surface area contributed by atoms with Gasteiger partial charge in [-0.2, -0.15) is 0 Å². The summed E-state index contributed by atoms with van der Waals surface area (Å²) < 4.78 is 11.8. The number of hydrogen-bond donors (Lipinski definition) is 0. The van der Waals surface area contributed by atoms with E-state index >= 15 is 0 Å². The van der Waals surface area contributed by atoms with Gasteiger partial charge in [-0.3, -0.25) is 14.5 Å². The van der Waals surface area contributed by atoms with E-state index in [4.69, 9.17) is 9.15 Å². The van der Waals surface area contributed by atoms with Crippen LogP contribution in [-0.4, -0.2) is 22.2 Å². The van der Waals surface area contributed by atoms with Crippen molar-refractivity contribution in [1.29, 1.82) is 0 Å². The summed E-state index contributed by atoms with van der Waals surface area (Å²) in [5.74, 6) is 0.388. The molecule has 0 bridgehead atoms. The van der Waals surface area contributed by atoms with Crippen molar-refractivity contribution in [2.75, 3.05) is 4.90 Å². The second-order valence-corrected chi connectivity index (χ2v) is 9.54. The van der Waals surface area contributed by atoms with Crippen molar-refractivity contribution in [3.63, 3.8) is 0 Å². The van der Waals surface area contributed by atoms with Crippen LogP contribution in [0.5, 0.6) is 5.75 Å². The van der Waals surface area contributed by atoms with Crippen molar-refractivity contribution in [1.82, 2.24) is 10.2 Å². The zero-order valence-corrected chi connectivity index (χ0v) is 20.3. The molecular formula is C26H25N3O4S. The Morgan fingerprint density at radius 2 is 1.82 bits per heavy atom. The Morgan fingerprint density at radius 1 is 1.06 bits per heavy atom. The fraction of sp³-hybridized carbons (Fsp3) is 0.308. The first-order valence-corrected chi connectivity index (χ1v) is 12.2. The number of aryl methyl sites for hydroxylation is 2. The molecule has 1 unspecified atom stereocenters. The van der Waals surface area contributed by atoms with Gasteiger partial charge in [0, 0.05) is 0 Å². The van der Waals surface area contributed by atoms with Crippen LogP contribution in [0.15, 0.2) is 51.7 Å². The third kappa shape index (κ3) is 3.68. The van der Waals surface area contributed by atoms with Gasteiger partial charge in [0.2, 0.25) is 10.9 Å². The molecule has 0 fully saturated rings. The molecule has 34 heavy (non-hydrogen) atoms. The maximum absolute atomic E-state index is 13.8. The van der Waals surface area contributed by atoms with Gasteiger partial charge >= 0.3 is 0 Å². The van der Waals surface area contributed by atoms with Gasteiger partial charge in [-0.1, -0.05) is 43.4 Å².